The van der Waals surface area contributed by atoms with Crippen molar-refractivity contribution in [3.63, 3.8) is 0 Å². The standard InChI is InChI=1S/C16H21N3O2S/c1-16(2,3)21-15(20)19-9-8-11(10-19)22-14-17-12-6-4-5-7-13(12)18-14/h4-7,11H,8-10H2,1-3H3,(H,17,18)/t11-/m0/s1. The number of ether oxygens (including phenoxy) is 1. The highest BCUT2D eigenvalue weighted by molar-refractivity contribution is 7.99. The Labute approximate surface area is 134 Å². The van der Waals surface area contributed by atoms with Gasteiger partial charge < -0.3 is 14.6 Å². The van der Waals surface area contributed by atoms with Gasteiger partial charge in [-0.3, -0.25) is 0 Å². The predicted molar refractivity (Wildman–Crippen MR) is 88.2 cm³/mol. The Balaban J connectivity index is 1.60. The molecule has 3 rings (SSSR count). The van der Waals surface area contributed by atoms with Crippen LogP contribution in [-0.4, -0.2) is 44.9 Å². The van der Waals surface area contributed by atoms with E-state index >= 15 is 0 Å². The number of likely N-dealkylation sites (tertiary alicyclic amines) is 1. The summed E-state index contributed by atoms with van der Waals surface area (Å²) < 4.78 is 5.42. The minimum absolute atomic E-state index is 0.222. The number of carbonyl (C=O) groups excluding carboxylic acids is 1. The van der Waals surface area contributed by atoms with E-state index in [-0.39, 0.29) is 6.09 Å². The maximum atomic E-state index is 12.1. The Morgan fingerprint density at radius 1 is 1.41 bits per heavy atom. The summed E-state index contributed by atoms with van der Waals surface area (Å²) in [7, 11) is 0. The molecule has 0 spiro atoms. The summed E-state index contributed by atoms with van der Waals surface area (Å²) in [6.07, 6.45) is 0.737. The maximum absolute atomic E-state index is 12.1. The van der Waals surface area contributed by atoms with Crippen LogP contribution in [0.15, 0.2) is 29.4 Å². The number of nitrogens with zero attached hydrogens (tertiary/aromatic N) is 2. The van der Waals surface area contributed by atoms with Gasteiger partial charge in [0.25, 0.3) is 0 Å². The quantitative estimate of drug-likeness (QED) is 0.917. The average molecular weight is 319 g/mol. The normalized spacial score (nSPS) is 18.9. The third kappa shape index (κ3) is 3.55. The minimum Gasteiger partial charge on any atom is -0.444 e. The zero-order valence-electron chi connectivity index (χ0n) is 13.1. The lowest BCUT2D eigenvalue weighted by Crippen LogP contribution is -2.35. The molecular weight excluding hydrogens is 298 g/mol. The first-order valence-corrected chi connectivity index (χ1v) is 8.38. The molecule has 1 atom stereocenters. The van der Waals surface area contributed by atoms with E-state index in [4.69, 9.17) is 4.74 Å². The van der Waals surface area contributed by atoms with E-state index in [0.29, 0.717) is 11.8 Å². The molecule has 1 aliphatic rings. The van der Waals surface area contributed by atoms with Crippen LogP contribution in [0.1, 0.15) is 27.2 Å². The molecule has 1 amide bonds. The summed E-state index contributed by atoms with van der Waals surface area (Å²) >= 11 is 1.70. The maximum Gasteiger partial charge on any atom is 0.410 e. The van der Waals surface area contributed by atoms with Crippen molar-refractivity contribution in [3.8, 4) is 0 Å². The van der Waals surface area contributed by atoms with Crippen LogP contribution in [0.25, 0.3) is 11.0 Å². The minimum atomic E-state index is -0.443. The van der Waals surface area contributed by atoms with E-state index in [2.05, 4.69) is 9.97 Å². The van der Waals surface area contributed by atoms with Crippen LogP contribution >= 0.6 is 11.8 Å². The molecular formula is C16H21N3O2S. The van der Waals surface area contributed by atoms with Gasteiger partial charge in [-0.25, -0.2) is 9.78 Å². The van der Waals surface area contributed by atoms with Crippen molar-refractivity contribution >= 4 is 28.9 Å². The fourth-order valence-corrected chi connectivity index (χ4v) is 3.57. The van der Waals surface area contributed by atoms with Crippen molar-refractivity contribution in [2.24, 2.45) is 0 Å². The topological polar surface area (TPSA) is 58.2 Å². The smallest absolute Gasteiger partial charge is 0.410 e. The molecule has 2 heterocycles. The summed E-state index contributed by atoms with van der Waals surface area (Å²) in [5.74, 6) is 0. The number of hydrogen-bond acceptors (Lipinski definition) is 4. The second kappa shape index (κ2) is 5.83. The molecule has 0 saturated carbocycles. The van der Waals surface area contributed by atoms with Crippen LogP contribution in [-0.2, 0) is 4.74 Å². The van der Waals surface area contributed by atoms with Crippen molar-refractivity contribution in [3.05, 3.63) is 24.3 Å². The monoisotopic (exact) mass is 319 g/mol. The zero-order chi connectivity index (χ0) is 15.7. The molecule has 0 unspecified atom stereocenters. The second-order valence-corrected chi connectivity index (χ2v) is 7.80. The second-order valence-electron chi connectivity index (χ2n) is 6.51. The van der Waals surface area contributed by atoms with E-state index < -0.39 is 5.60 Å². The number of amides is 1. The molecule has 6 heteroatoms. The first kappa shape index (κ1) is 15.2. The Bertz CT molecular complexity index is 644. The summed E-state index contributed by atoms with van der Waals surface area (Å²) in [5, 5.41) is 1.27. The Hall–Kier alpha value is -1.69. The van der Waals surface area contributed by atoms with E-state index in [0.717, 1.165) is 29.2 Å². The van der Waals surface area contributed by atoms with Crippen molar-refractivity contribution in [1.29, 1.82) is 0 Å². The van der Waals surface area contributed by atoms with Gasteiger partial charge >= 0.3 is 6.09 Å². The lowest BCUT2D eigenvalue weighted by Gasteiger charge is -2.24. The summed E-state index contributed by atoms with van der Waals surface area (Å²) in [5.41, 5.74) is 1.58. The lowest BCUT2D eigenvalue weighted by molar-refractivity contribution is 0.0295. The number of aromatic amines is 1. The number of aromatic nitrogens is 2. The number of hydrogen-bond donors (Lipinski definition) is 1. The van der Waals surface area contributed by atoms with Gasteiger partial charge in [-0.1, -0.05) is 23.9 Å². The van der Waals surface area contributed by atoms with Gasteiger partial charge in [0.15, 0.2) is 5.16 Å². The summed E-state index contributed by atoms with van der Waals surface area (Å²) in [6.45, 7) is 7.12. The van der Waals surface area contributed by atoms with Crippen LogP contribution < -0.4 is 0 Å². The van der Waals surface area contributed by atoms with Crippen molar-refractivity contribution in [2.75, 3.05) is 13.1 Å². The van der Waals surface area contributed by atoms with Gasteiger partial charge in [0, 0.05) is 18.3 Å². The van der Waals surface area contributed by atoms with Crippen LogP contribution in [0.2, 0.25) is 0 Å². The fraction of sp³-hybridized carbons (Fsp3) is 0.500. The largest absolute Gasteiger partial charge is 0.444 e. The highest BCUT2D eigenvalue weighted by Crippen LogP contribution is 2.30. The summed E-state index contributed by atoms with van der Waals surface area (Å²) in [4.78, 5) is 21.8. The Kier molecular flexibility index (Phi) is 4.04. The molecule has 1 fully saturated rings. The van der Waals surface area contributed by atoms with Gasteiger partial charge in [0.05, 0.1) is 11.0 Å². The molecule has 2 aromatic rings. The molecule has 0 radical (unpaired) electrons. The molecule has 1 aromatic carbocycles. The Morgan fingerprint density at radius 3 is 2.91 bits per heavy atom. The molecule has 0 bridgehead atoms. The number of imidazole rings is 1. The van der Waals surface area contributed by atoms with E-state index in [1.165, 1.54) is 0 Å². The third-order valence-corrected chi connectivity index (χ3v) is 4.58. The SMILES string of the molecule is CC(C)(C)OC(=O)N1CC[C@H](Sc2nc3ccccc3[nH]2)C1. The van der Waals surface area contributed by atoms with Gasteiger partial charge in [-0.2, -0.15) is 0 Å². The molecule has 118 valence electrons. The zero-order valence-corrected chi connectivity index (χ0v) is 13.9. The van der Waals surface area contributed by atoms with Crippen molar-refractivity contribution in [1.82, 2.24) is 14.9 Å². The van der Waals surface area contributed by atoms with Crippen LogP contribution in [0, 0.1) is 0 Å². The van der Waals surface area contributed by atoms with E-state index in [9.17, 15) is 4.79 Å². The summed E-state index contributed by atoms with van der Waals surface area (Å²) in [6, 6.07) is 8.00. The number of fused-ring (bicyclic) bond motifs is 1. The first-order valence-electron chi connectivity index (χ1n) is 7.50. The number of rotatable bonds is 2. The first-order chi connectivity index (χ1) is 10.4. The van der Waals surface area contributed by atoms with Crippen LogP contribution in [0.3, 0.4) is 0 Å². The van der Waals surface area contributed by atoms with Crippen molar-refractivity contribution in [2.45, 2.75) is 43.2 Å². The highest BCUT2D eigenvalue weighted by Gasteiger charge is 2.30. The number of benzene rings is 1. The molecule has 5 nitrogen and oxygen atoms in total. The van der Waals surface area contributed by atoms with Gasteiger partial charge in [0.1, 0.15) is 5.60 Å². The van der Waals surface area contributed by atoms with Gasteiger partial charge in [-0.05, 0) is 39.3 Å². The molecule has 1 saturated heterocycles. The number of para-hydroxylation sites is 2. The van der Waals surface area contributed by atoms with Crippen LogP contribution in [0.5, 0.6) is 0 Å². The van der Waals surface area contributed by atoms with Crippen LogP contribution in [0.4, 0.5) is 4.79 Å². The third-order valence-electron chi connectivity index (χ3n) is 3.44. The fourth-order valence-electron chi connectivity index (χ4n) is 2.46. The molecule has 1 aromatic heterocycles. The van der Waals surface area contributed by atoms with Gasteiger partial charge in [0.2, 0.25) is 0 Å². The number of nitrogens with one attached hydrogen (secondary N) is 1. The lowest BCUT2D eigenvalue weighted by atomic mass is 10.2. The van der Waals surface area contributed by atoms with E-state index in [1.807, 2.05) is 45.0 Å². The Morgan fingerprint density at radius 2 is 2.18 bits per heavy atom. The number of thioether (sulfide) groups is 1. The molecule has 1 aliphatic heterocycles. The van der Waals surface area contributed by atoms with Crippen molar-refractivity contribution < 1.29 is 9.53 Å². The number of carbonyl (C=O) groups is 1. The number of H-pyrrole nitrogens is 1. The van der Waals surface area contributed by atoms with E-state index in [1.54, 1.807) is 16.7 Å². The molecule has 22 heavy (non-hydrogen) atoms. The average Bonchev–Trinajstić information content (AvgIpc) is 3.02. The molecule has 1 N–H and O–H groups in total. The predicted octanol–water partition coefficient (Wildman–Crippen LogP) is 3.66. The van der Waals surface area contributed by atoms with Gasteiger partial charge in [-0.15, -0.1) is 0 Å². The highest BCUT2D eigenvalue weighted by atomic mass is 32.2. The molecule has 0 aliphatic carbocycles.